The molecule has 0 saturated heterocycles. The van der Waals surface area contributed by atoms with Crippen LogP contribution in [0, 0.1) is 0 Å². The summed E-state index contributed by atoms with van der Waals surface area (Å²) in [6.07, 6.45) is 2.21. The molecular weight excluding hydrogens is 184 g/mol. The first-order chi connectivity index (χ1) is 5.87. The standard InChI is InChI=1S/C9H16N2OS/c1-7(10)8(6-12)5-11-13-9(2,3)4/h5-6H,10H2,1-4H3. The molecule has 0 saturated carbocycles. The second-order valence-corrected chi connectivity index (χ2v) is 5.31. The molecule has 0 aromatic rings. The van der Waals surface area contributed by atoms with Crippen LogP contribution in [0.4, 0.5) is 0 Å². The first-order valence-electron chi connectivity index (χ1n) is 4.00. The maximum atomic E-state index is 10.5. The van der Waals surface area contributed by atoms with E-state index in [0.717, 1.165) is 0 Å². The molecule has 0 aliphatic rings. The normalized spacial score (nSPS) is 14.5. The Kier molecular flexibility index (Phi) is 4.77. The summed E-state index contributed by atoms with van der Waals surface area (Å²) in [6.45, 7) is 7.83. The second kappa shape index (κ2) is 5.07. The average Bonchev–Trinajstić information content (AvgIpc) is 1.95. The predicted molar refractivity (Wildman–Crippen MR) is 58.8 cm³/mol. The summed E-state index contributed by atoms with van der Waals surface area (Å²) in [5, 5.41) is 0. The molecule has 0 fully saturated rings. The van der Waals surface area contributed by atoms with Gasteiger partial charge in [0.1, 0.15) is 0 Å². The van der Waals surface area contributed by atoms with Crippen LogP contribution in [-0.2, 0) is 4.79 Å². The summed E-state index contributed by atoms with van der Waals surface area (Å²) >= 11 is 1.42. The van der Waals surface area contributed by atoms with Crippen molar-refractivity contribution >= 4 is 24.4 Å². The predicted octanol–water partition coefficient (Wildman–Crippen LogP) is 1.94. The van der Waals surface area contributed by atoms with Crippen LogP contribution in [0.25, 0.3) is 0 Å². The smallest absolute Gasteiger partial charge is 0.153 e. The van der Waals surface area contributed by atoms with Gasteiger partial charge in [0.15, 0.2) is 6.29 Å². The molecule has 13 heavy (non-hydrogen) atoms. The third-order valence-electron chi connectivity index (χ3n) is 1.10. The lowest BCUT2D eigenvalue weighted by Crippen LogP contribution is -2.06. The van der Waals surface area contributed by atoms with Gasteiger partial charge in [-0.3, -0.25) is 4.79 Å². The molecule has 0 radical (unpaired) electrons. The number of carbonyl (C=O) groups excluding carboxylic acids is 1. The Labute approximate surface area is 83.6 Å². The molecule has 0 heterocycles. The molecular formula is C9H16N2OS. The Morgan fingerprint density at radius 2 is 2.00 bits per heavy atom. The van der Waals surface area contributed by atoms with E-state index in [1.54, 1.807) is 6.92 Å². The van der Waals surface area contributed by atoms with Gasteiger partial charge < -0.3 is 5.73 Å². The van der Waals surface area contributed by atoms with Crippen molar-refractivity contribution < 1.29 is 4.79 Å². The van der Waals surface area contributed by atoms with Gasteiger partial charge in [-0.05, 0) is 39.6 Å². The van der Waals surface area contributed by atoms with E-state index < -0.39 is 0 Å². The van der Waals surface area contributed by atoms with Gasteiger partial charge in [0.25, 0.3) is 0 Å². The van der Waals surface area contributed by atoms with Crippen molar-refractivity contribution in [3.05, 3.63) is 11.3 Å². The molecule has 0 unspecified atom stereocenters. The van der Waals surface area contributed by atoms with Gasteiger partial charge >= 0.3 is 0 Å². The molecule has 0 aliphatic carbocycles. The zero-order valence-corrected chi connectivity index (χ0v) is 9.31. The lowest BCUT2D eigenvalue weighted by Gasteiger charge is -2.12. The van der Waals surface area contributed by atoms with E-state index in [9.17, 15) is 4.79 Å². The van der Waals surface area contributed by atoms with Crippen LogP contribution in [0.5, 0.6) is 0 Å². The summed E-state index contributed by atoms with van der Waals surface area (Å²) < 4.78 is 4.12. The Morgan fingerprint density at radius 3 is 2.31 bits per heavy atom. The van der Waals surface area contributed by atoms with Crippen molar-refractivity contribution in [2.45, 2.75) is 32.4 Å². The third kappa shape index (κ3) is 6.40. The molecule has 0 amide bonds. The third-order valence-corrected chi connectivity index (χ3v) is 1.86. The lowest BCUT2D eigenvalue weighted by atomic mass is 10.3. The molecule has 0 aromatic heterocycles. The van der Waals surface area contributed by atoms with Crippen LogP contribution in [0.3, 0.4) is 0 Å². The minimum absolute atomic E-state index is 0.0625. The molecule has 0 bridgehead atoms. The van der Waals surface area contributed by atoms with Crippen LogP contribution in [0.2, 0.25) is 0 Å². The van der Waals surface area contributed by atoms with Crippen LogP contribution in [0.15, 0.2) is 15.7 Å². The molecule has 4 heteroatoms. The van der Waals surface area contributed by atoms with Crippen molar-refractivity contribution in [2.75, 3.05) is 0 Å². The number of allylic oxidation sites excluding steroid dienone is 2. The van der Waals surface area contributed by atoms with Crippen molar-refractivity contribution in [3.8, 4) is 0 Å². The van der Waals surface area contributed by atoms with Crippen LogP contribution >= 0.6 is 11.9 Å². The van der Waals surface area contributed by atoms with Gasteiger partial charge in [0, 0.05) is 16.7 Å². The minimum atomic E-state index is 0.0625. The van der Waals surface area contributed by atoms with Crippen molar-refractivity contribution in [1.29, 1.82) is 0 Å². The summed E-state index contributed by atoms with van der Waals surface area (Å²) in [7, 11) is 0. The molecule has 74 valence electrons. The molecule has 0 atom stereocenters. The van der Waals surface area contributed by atoms with E-state index in [4.69, 9.17) is 5.73 Å². The number of nitrogens with two attached hydrogens (primary N) is 1. The number of carbonyl (C=O) groups is 1. The van der Waals surface area contributed by atoms with Gasteiger partial charge in [-0.2, -0.15) is 0 Å². The van der Waals surface area contributed by atoms with Crippen LogP contribution in [0.1, 0.15) is 27.7 Å². The maximum Gasteiger partial charge on any atom is 0.153 e. The highest BCUT2D eigenvalue weighted by molar-refractivity contribution is 7.99. The second-order valence-electron chi connectivity index (χ2n) is 3.69. The van der Waals surface area contributed by atoms with Gasteiger partial charge in [0.2, 0.25) is 0 Å². The molecule has 2 N–H and O–H groups in total. The maximum absolute atomic E-state index is 10.5. The highest BCUT2D eigenvalue weighted by Gasteiger charge is 2.09. The molecule has 0 aliphatic heterocycles. The highest BCUT2D eigenvalue weighted by Crippen LogP contribution is 2.23. The Bertz CT molecular complexity index is 234. The number of nitrogens with zero attached hydrogens (tertiary/aromatic N) is 1. The number of hydrogen-bond donors (Lipinski definition) is 1. The first kappa shape index (κ1) is 12.2. The van der Waals surface area contributed by atoms with Crippen molar-refractivity contribution in [2.24, 2.45) is 10.1 Å². The largest absolute Gasteiger partial charge is 0.402 e. The minimum Gasteiger partial charge on any atom is -0.402 e. The summed E-state index contributed by atoms with van der Waals surface area (Å²) in [6, 6.07) is 0. The lowest BCUT2D eigenvalue weighted by molar-refractivity contribution is -0.104. The Balaban J connectivity index is 4.28. The Hall–Kier alpha value is -0.770. The summed E-state index contributed by atoms with van der Waals surface area (Å²) in [5.74, 6) is 0. The quantitative estimate of drug-likeness (QED) is 0.328. The number of aldehydes is 1. The van der Waals surface area contributed by atoms with Gasteiger partial charge in [-0.25, -0.2) is 4.40 Å². The van der Waals surface area contributed by atoms with E-state index in [1.807, 2.05) is 0 Å². The zero-order valence-electron chi connectivity index (χ0n) is 8.50. The van der Waals surface area contributed by atoms with Gasteiger partial charge in [0.05, 0.1) is 5.57 Å². The number of hydrogen-bond acceptors (Lipinski definition) is 4. The van der Waals surface area contributed by atoms with Gasteiger partial charge in [-0.15, -0.1) is 0 Å². The van der Waals surface area contributed by atoms with E-state index >= 15 is 0 Å². The van der Waals surface area contributed by atoms with Crippen LogP contribution in [-0.4, -0.2) is 17.2 Å². The van der Waals surface area contributed by atoms with E-state index in [-0.39, 0.29) is 4.75 Å². The monoisotopic (exact) mass is 200 g/mol. The van der Waals surface area contributed by atoms with E-state index in [2.05, 4.69) is 25.2 Å². The highest BCUT2D eigenvalue weighted by atomic mass is 32.2. The summed E-state index contributed by atoms with van der Waals surface area (Å²) in [5.41, 5.74) is 6.38. The zero-order chi connectivity index (χ0) is 10.5. The molecule has 0 rings (SSSR count). The van der Waals surface area contributed by atoms with E-state index in [1.165, 1.54) is 18.2 Å². The number of rotatable bonds is 3. The first-order valence-corrected chi connectivity index (χ1v) is 4.77. The van der Waals surface area contributed by atoms with E-state index in [0.29, 0.717) is 17.6 Å². The fourth-order valence-corrected chi connectivity index (χ4v) is 0.949. The molecule has 3 nitrogen and oxygen atoms in total. The summed E-state index contributed by atoms with van der Waals surface area (Å²) in [4.78, 5) is 10.5. The SMILES string of the molecule is CC(N)=C(C=O)C=NSC(C)(C)C. The molecule has 0 aromatic carbocycles. The fraction of sp³-hybridized carbons (Fsp3) is 0.556. The van der Waals surface area contributed by atoms with Crippen molar-refractivity contribution in [1.82, 2.24) is 0 Å². The van der Waals surface area contributed by atoms with Crippen molar-refractivity contribution in [3.63, 3.8) is 0 Å². The average molecular weight is 200 g/mol. The topological polar surface area (TPSA) is 55.5 Å². The fourth-order valence-electron chi connectivity index (χ4n) is 0.466. The van der Waals surface area contributed by atoms with Crippen LogP contribution < -0.4 is 5.73 Å². The molecule has 0 spiro atoms. The van der Waals surface area contributed by atoms with Gasteiger partial charge in [-0.1, -0.05) is 0 Å². The Morgan fingerprint density at radius 1 is 1.46 bits per heavy atom.